The Bertz CT molecular complexity index is 669. The van der Waals surface area contributed by atoms with Crippen molar-refractivity contribution in [2.24, 2.45) is 0 Å². The molecule has 1 aromatic carbocycles. The van der Waals surface area contributed by atoms with Crippen LogP contribution < -0.4 is 10.0 Å². The summed E-state index contributed by atoms with van der Waals surface area (Å²) in [5, 5.41) is 2.91. The summed E-state index contributed by atoms with van der Waals surface area (Å²) in [7, 11) is -2.07. The first-order chi connectivity index (χ1) is 13.0. The van der Waals surface area contributed by atoms with E-state index < -0.39 is 10.0 Å². The molecule has 0 aliphatic carbocycles. The van der Waals surface area contributed by atoms with E-state index in [9.17, 15) is 13.2 Å². The van der Waals surface area contributed by atoms with Crippen molar-refractivity contribution in [1.29, 1.82) is 0 Å². The van der Waals surface area contributed by atoms with Crippen molar-refractivity contribution in [3.8, 4) is 0 Å². The lowest BCUT2D eigenvalue weighted by Crippen LogP contribution is -2.30. The number of carbonyl (C=O) groups is 1. The molecule has 1 aliphatic rings. The van der Waals surface area contributed by atoms with Gasteiger partial charge < -0.3 is 15.0 Å². The van der Waals surface area contributed by atoms with E-state index >= 15 is 0 Å². The molecule has 1 heterocycles. The van der Waals surface area contributed by atoms with Crippen molar-refractivity contribution >= 4 is 15.9 Å². The molecule has 0 spiro atoms. The highest BCUT2D eigenvalue weighted by Gasteiger charge is 2.14. The smallest absolute Gasteiger partial charge is 0.251 e. The summed E-state index contributed by atoms with van der Waals surface area (Å²) in [6.45, 7) is 4.44. The molecule has 2 rings (SSSR count). The third kappa shape index (κ3) is 7.57. The maximum absolute atomic E-state index is 12.2. The number of hydrogen-bond donors (Lipinski definition) is 2. The molecule has 1 aromatic rings. The molecule has 0 saturated carbocycles. The highest BCUT2D eigenvalue weighted by molar-refractivity contribution is 7.89. The monoisotopic (exact) mass is 397 g/mol. The SMILES string of the molecule is COCCNS(=O)(=O)c1ccc(C(=O)NCCCN2CCCCCC2)cc1. The van der Waals surface area contributed by atoms with E-state index in [1.165, 1.54) is 57.1 Å². The van der Waals surface area contributed by atoms with Gasteiger partial charge in [0.05, 0.1) is 11.5 Å². The second-order valence-corrected chi connectivity index (χ2v) is 8.55. The van der Waals surface area contributed by atoms with Crippen LogP contribution in [0.3, 0.4) is 0 Å². The molecule has 7 nitrogen and oxygen atoms in total. The van der Waals surface area contributed by atoms with E-state index in [0.29, 0.717) is 18.7 Å². The lowest BCUT2D eigenvalue weighted by Gasteiger charge is -2.19. The minimum Gasteiger partial charge on any atom is -0.383 e. The first-order valence-corrected chi connectivity index (χ1v) is 11.1. The Balaban J connectivity index is 1.76. The average molecular weight is 398 g/mol. The Kier molecular flexibility index (Phi) is 9.20. The molecule has 1 amide bonds. The third-order valence-corrected chi connectivity index (χ3v) is 6.14. The normalized spacial score (nSPS) is 16.0. The van der Waals surface area contributed by atoms with Crippen LogP contribution in [0.2, 0.25) is 0 Å². The first kappa shape index (κ1) is 21.8. The van der Waals surface area contributed by atoms with Crippen LogP contribution in [0.1, 0.15) is 42.5 Å². The van der Waals surface area contributed by atoms with Gasteiger partial charge in [-0.15, -0.1) is 0 Å². The molecule has 1 aliphatic heterocycles. The van der Waals surface area contributed by atoms with Crippen LogP contribution >= 0.6 is 0 Å². The largest absolute Gasteiger partial charge is 0.383 e. The van der Waals surface area contributed by atoms with E-state index in [1.807, 2.05) is 0 Å². The fourth-order valence-corrected chi connectivity index (χ4v) is 4.13. The van der Waals surface area contributed by atoms with Crippen molar-refractivity contribution in [2.75, 3.05) is 46.4 Å². The number of ether oxygens (including phenoxy) is 1. The zero-order valence-corrected chi connectivity index (χ0v) is 16.9. The number of hydrogen-bond acceptors (Lipinski definition) is 5. The number of carbonyl (C=O) groups excluding carboxylic acids is 1. The zero-order chi connectivity index (χ0) is 19.5. The molecule has 27 heavy (non-hydrogen) atoms. The molecule has 2 N–H and O–H groups in total. The predicted octanol–water partition coefficient (Wildman–Crippen LogP) is 1.61. The second-order valence-electron chi connectivity index (χ2n) is 6.78. The summed E-state index contributed by atoms with van der Waals surface area (Å²) < 4.78 is 31.5. The highest BCUT2D eigenvalue weighted by atomic mass is 32.2. The van der Waals surface area contributed by atoms with Crippen molar-refractivity contribution in [1.82, 2.24) is 14.9 Å². The average Bonchev–Trinajstić information content (AvgIpc) is 2.94. The molecule has 0 radical (unpaired) electrons. The van der Waals surface area contributed by atoms with Crippen molar-refractivity contribution in [3.63, 3.8) is 0 Å². The summed E-state index contributed by atoms with van der Waals surface area (Å²) >= 11 is 0. The molecule has 8 heteroatoms. The summed E-state index contributed by atoms with van der Waals surface area (Å²) in [6.07, 6.45) is 6.09. The van der Waals surface area contributed by atoms with E-state index in [-0.39, 0.29) is 17.3 Å². The van der Waals surface area contributed by atoms with Crippen molar-refractivity contribution < 1.29 is 17.9 Å². The van der Waals surface area contributed by atoms with Crippen LogP contribution in [-0.4, -0.2) is 65.7 Å². The number of benzene rings is 1. The fourth-order valence-electron chi connectivity index (χ4n) is 3.11. The summed E-state index contributed by atoms with van der Waals surface area (Å²) in [5.41, 5.74) is 0.459. The van der Waals surface area contributed by atoms with Gasteiger partial charge in [0.2, 0.25) is 10.0 Å². The van der Waals surface area contributed by atoms with Gasteiger partial charge in [0.1, 0.15) is 0 Å². The Morgan fingerprint density at radius 1 is 1.07 bits per heavy atom. The molecule has 1 saturated heterocycles. The number of likely N-dealkylation sites (tertiary alicyclic amines) is 1. The minimum atomic E-state index is -3.58. The number of methoxy groups -OCH3 is 1. The van der Waals surface area contributed by atoms with Crippen LogP contribution in [0.15, 0.2) is 29.2 Å². The molecule has 1 fully saturated rings. The maximum atomic E-state index is 12.2. The standard InChI is InChI=1S/C19H31N3O4S/c1-26-16-12-21-27(24,25)18-9-7-17(8-10-18)19(23)20-11-6-15-22-13-4-2-3-5-14-22/h7-10,21H,2-6,11-16H2,1H3,(H,20,23). The molecule has 0 bridgehead atoms. The third-order valence-electron chi connectivity index (χ3n) is 4.66. The van der Waals surface area contributed by atoms with Gasteiger partial charge >= 0.3 is 0 Å². The van der Waals surface area contributed by atoms with Gasteiger partial charge in [-0.2, -0.15) is 0 Å². The Morgan fingerprint density at radius 2 is 1.74 bits per heavy atom. The lowest BCUT2D eigenvalue weighted by molar-refractivity contribution is 0.0951. The predicted molar refractivity (Wildman–Crippen MR) is 105 cm³/mol. The van der Waals surface area contributed by atoms with Gasteiger partial charge in [-0.1, -0.05) is 12.8 Å². The number of sulfonamides is 1. The Morgan fingerprint density at radius 3 is 2.37 bits per heavy atom. The minimum absolute atomic E-state index is 0.135. The number of amides is 1. The zero-order valence-electron chi connectivity index (χ0n) is 16.1. The molecule has 0 aromatic heterocycles. The van der Waals surface area contributed by atoms with Gasteiger partial charge in [-0.25, -0.2) is 13.1 Å². The molecule has 0 unspecified atom stereocenters. The van der Waals surface area contributed by atoms with Crippen LogP contribution in [0.4, 0.5) is 0 Å². The molecular weight excluding hydrogens is 366 g/mol. The van der Waals surface area contributed by atoms with E-state index in [1.54, 1.807) is 0 Å². The molecular formula is C19H31N3O4S. The fraction of sp³-hybridized carbons (Fsp3) is 0.632. The van der Waals surface area contributed by atoms with E-state index in [2.05, 4.69) is 14.9 Å². The summed E-state index contributed by atoms with van der Waals surface area (Å²) in [4.78, 5) is 14.8. The van der Waals surface area contributed by atoms with E-state index in [4.69, 9.17) is 4.74 Å². The summed E-state index contributed by atoms with van der Waals surface area (Å²) in [6, 6.07) is 5.96. The highest BCUT2D eigenvalue weighted by Crippen LogP contribution is 2.11. The van der Waals surface area contributed by atoms with Gasteiger partial charge in [0.15, 0.2) is 0 Å². The maximum Gasteiger partial charge on any atom is 0.251 e. The summed E-state index contributed by atoms with van der Waals surface area (Å²) in [5.74, 6) is -0.179. The van der Waals surface area contributed by atoms with Crippen molar-refractivity contribution in [2.45, 2.75) is 37.0 Å². The van der Waals surface area contributed by atoms with Gasteiger partial charge in [-0.05, 0) is 63.2 Å². The number of nitrogens with one attached hydrogen (secondary N) is 2. The molecule has 152 valence electrons. The van der Waals surface area contributed by atoms with Crippen LogP contribution in [0.25, 0.3) is 0 Å². The van der Waals surface area contributed by atoms with Crippen molar-refractivity contribution in [3.05, 3.63) is 29.8 Å². The van der Waals surface area contributed by atoms with E-state index in [0.717, 1.165) is 26.1 Å². The number of nitrogens with zero attached hydrogens (tertiary/aromatic N) is 1. The Labute approximate surface area is 162 Å². The molecule has 0 atom stereocenters. The van der Waals surface area contributed by atoms with Gasteiger partial charge in [0, 0.05) is 25.8 Å². The lowest BCUT2D eigenvalue weighted by atomic mass is 10.2. The van der Waals surface area contributed by atoms with Crippen LogP contribution in [0, 0.1) is 0 Å². The van der Waals surface area contributed by atoms with Gasteiger partial charge in [0.25, 0.3) is 5.91 Å². The Hall–Kier alpha value is -1.48. The van der Waals surface area contributed by atoms with Crippen LogP contribution in [-0.2, 0) is 14.8 Å². The second kappa shape index (κ2) is 11.4. The number of rotatable bonds is 10. The topological polar surface area (TPSA) is 87.7 Å². The quantitative estimate of drug-likeness (QED) is 0.586. The van der Waals surface area contributed by atoms with Gasteiger partial charge in [-0.3, -0.25) is 4.79 Å². The van der Waals surface area contributed by atoms with Crippen LogP contribution in [0.5, 0.6) is 0 Å². The first-order valence-electron chi connectivity index (χ1n) is 9.62.